The second kappa shape index (κ2) is 9.37. The average Bonchev–Trinajstić information content (AvgIpc) is 3.48. The van der Waals surface area contributed by atoms with Crippen LogP contribution in [0.25, 0.3) is 16.7 Å². The van der Waals surface area contributed by atoms with E-state index in [1.165, 1.54) is 0 Å². The highest BCUT2D eigenvalue weighted by Gasteiger charge is 2.65. The number of benzene rings is 1. The van der Waals surface area contributed by atoms with E-state index in [1.807, 2.05) is 41.2 Å². The number of aromatic nitrogens is 4. The number of piperazine rings is 1. The number of hydrogen-bond donors (Lipinski definition) is 0. The summed E-state index contributed by atoms with van der Waals surface area (Å²) >= 11 is 0. The molecule has 0 radical (unpaired) electrons. The van der Waals surface area contributed by atoms with Gasteiger partial charge in [-0.1, -0.05) is 45.9 Å². The molecule has 39 heavy (non-hydrogen) atoms. The number of ketones is 1. The second-order valence-electron chi connectivity index (χ2n) is 12.5. The Hall–Kier alpha value is -2.85. The lowest BCUT2D eigenvalue weighted by Crippen LogP contribution is -2.53. The van der Waals surface area contributed by atoms with Gasteiger partial charge in [-0.15, -0.1) is 0 Å². The van der Waals surface area contributed by atoms with E-state index in [0.29, 0.717) is 50.9 Å². The summed E-state index contributed by atoms with van der Waals surface area (Å²) in [7, 11) is -3.58. The Labute approximate surface area is 230 Å². The Morgan fingerprint density at radius 3 is 2.38 bits per heavy atom. The van der Waals surface area contributed by atoms with Crippen LogP contribution in [0.3, 0.4) is 0 Å². The Balaban J connectivity index is 1.26. The molecule has 2 bridgehead atoms. The fraction of sp³-hybridized carbons (Fsp3) is 0.586. The molecule has 2 aromatic heterocycles. The monoisotopic (exact) mass is 550 g/mol. The number of carbonyl (C=O) groups excluding carboxylic acids is 1. The van der Waals surface area contributed by atoms with Gasteiger partial charge < -0.3 is 4.90 Å². The third kappa shape index (κ3) is 4.27. The molecule has 1 aromatic carbocycles. The maximum absolute atomic E-state index is 13.7. The van der Waals surface area contributed by atoms with Gasteiger partial charge in [-0.05, 0) is 42.2 Å². The lowest BCUT2D eigenvalue weighted by Gasteiger charge is -2.40. The van der Waals surface area contributed by atoms with E-state index in [0.717, 1.165) is 41.2 Å². The van der Waals surface area contributed by atoms with E-state index in [9.17, 15) is 13.2 Å². The molecule has 1 aliphatic heterocycles. The Morgan fingerprint density at radius 1 is 1.05 bits per heavy atom. The van der Waals surface area contributed by atoms with Crippen LogP contribution in [0.15, 0.2) is 36.5 Å². The molecule has 0 spiro atoms. The predicted octanol–water partition coefficient (Wildman–Crippen LogP) is 3.86. The van der Waals surface area contributed by atoms with E-state index in [1.54, 1.807) is 4.31 Å². The standard InChI is InChI=1S/C29H38N6O3S/c1-20(2)16-25-31-26(23-18-30-35(27(23)32-25)22-8-6-5-7-9-22)33-12-14-34(15-13-33)39(37,38)19-29-11-10-21(17-24(29)36)28(29,3)4/h5-9,18,20-21H,10-17,19H2,1-4H3/t21-,29+/m0/s1. The van der Waals surface area contributed by atoms with Crippen molar-refractivity contribution < 1.29 is 13.2 Å². The van der Waals surface area contributed by atoms with E-state index in [-0.39, 0.29) is 17.0 Å². The number of rotatable bonds is 7. The fourth-order valence-corrected chi connectivity index (χ4v) is 9.28. The molecular weight excluding hydrogens is 512 g/mol. The molecule has 6 rings (SSSR count). The maximum atomic E-state index is 13.7. The molecular formula is C29H38N6O3S. The maximum Gasteiger partial charge on any atom is 0.215 e. The number of Topliss-reactive ketones (excluding diaryl/α,β-unsaturated/α-hetero) is 1. The van der Waals surface area contributed by atoms with Gasteiger partial charge in [0, 0.05) is 44.4 Å². The quantitative estimate of drug-likeness (QED) is 0.440. The first kappa shape index (κ1) is 26.4. The number of hydrogen-bond acceptors (Lipinski definition) is 7. The van der Waals surface area contributed by atoms with Gasteiger partial charge in [0.1, 0.15) is 17.4 Å². The van der Waals surface area contributed by atoms with Crippen molar-refractivity contribution in [2.24, 2.45) is 22.7 Å². The number of carbonyl (C=O) groups is 1. The summed E-state index contributed by atoms with van der Waals surface area (Å²) in [6.07, 6.45) is 4.70. The Bertz CT molecular complexity index is 1510. The van der Waals surface area contributed by atoms with Crippen LogP contribution in [0.1, 0.15) is 52.8 Å². The highest BCUT2D eigenvalue weighted by molar-refractivity contribution is 7.89. The van der Waals surface area contributed by atoms with Crippen molar-refractivity contribution in [3.8, 4) is 5.69 Å². The van der Waals surface area contributed by atoms with Gasteiger partial charge in [-0.2, -0.15) is 9.40 Å². The first-order valence-corrected chi connectivity index (χ1v) is 15.7. The lowest BCUT2D eigenvalue weighted by molar-refractivity contribution is -0.128. The molecule has 208 valence electrons. The summed E-state index contributed by atoms with van der Waals surface area (Å²) in [6, 6.07) is 9.93. The van der Waals surface area contributed by atoms with Gasteiger partial charge in [0.15, 0.2) is 5.65 Å². The molecule has 1 saturated heterocycles. The van der Waals surface area contributed by atoms with Crippen LogP contribution in [0, 0.1) is 22.7 Å². The number of fused-ring (bicyclic) bond motifs is 3. The molecule has 3 fully saturated rings. The van der Waals surface area contributed by atoms with Crippen molar-refractivity contribution in [1.82, 2.24) is 24.1 Å². The molecule has 2 saturated carbocycles. The number of sulfonamides is 1. The van der Waals surface area contributed by atoms with Gasteiger partial charge >= 0.3 is 0 Å². The molecule has 9 nitrogen and oxygen atoms in total. The molecule has 3 aromatic rings. The third-order valence-electron chi connectivity index (χ3n) is 9.55. The summed E-state index contributed by atoms with van der Waals surface area (Å²) in [5, 5.41) is 5.50. The number of nitrogens with zero attached hydrogens (tertiary/aromatic N) is 6. The minimum Gasteiger partial charge on any atom is -0.353 e. The zero-order valence-corrected chi connectivity index (χ0v) is 24.1. The fourth-order valence-electron chi connectivity index (χ4n) is 7.08. The molecule has 0 N–H and O–H groups in total. The van der Waals surface area contributed by atoms with Crippen LogP contribution in [0.2, 0.25) is 0 Å². The van der Waals surface area contributed by atoms with Crippen LogP contribution in [-0.2, 0) is 21.2 Å². The highest BCUT2D eigenvalue weighted by atomic mass is 32.2. The third-order valence-corrected chi connectivity index (χ3v) is 11.6. The van der Waals surface area contributed by atoms with Crippen molar-refractivity contribution in [3.63, 3.8) is 0 Å². The normalized spacial score (nSPS) is 25.3. The van der Waals surface area contributed by atoms with Crippen molar-refractivity contribution in [3.05, 3.63) is 42.4 Å². The van der Waals surface area contributed by atoms with Crippen molar-refractivity contribution >= 4 is 32.7 Å². The van der Waals surface area contributed by atoms with Crippen LogP contribution in [-0.4, -0.2) is 70.2 Å². The van der Waals surface area contributed by atoms with Crippen LogP contribution in [0.5, 0.6) is 0 Å². The zero-order chi connectivity index (χ0) is 27.6. The number of anilines is 1. The Morgan fingerprint density at radius 2 is 1.77 bits per heavy atom. The first-order chi connectivity index (χ1) is 18.5. The van der Waals surface area contributed by atoms with Gasteiger partial charge in [0.2, 0.25) is 10.0 Å². The predicted molar refractivity (Wildman–Crippen MR) is 151 cm³/mol. The molecule has 3 aliphatic rings. The van der Waals surface area contributed by atoms with Crippen molar-refractivity contribution in [1.29, 1.82) is 0 Å². The summed E-state index contributed by atoms with van der Waals surface area (Å²) < 4.78 is 30.8. The van der Waals surface area contributed by atoms with E-state index in [2.05, 4.69) is 37.7 Å². The minimum absolute atomic E-state index is 0.0670. The Kier molecular flexibility index (Phi) is 6.34. The summed E-state index contributed by atoms with van der Waals surface area (Å²) in [4.78, 5) is 25.0. The molecule has 3 heterocycles. The van der Waals surface area contributed by atoms with Gasteiger partial charge in [0.25, 0.3) is 0 Å². The summed E-state index contributed by atoms with van der Waals surface area (Å²) in [5.74, 6) is 2.33. The first-order valence-electron chi connectivity index (χ1n) is 14.1. The lowest BCUT2D eigenvalue weighted by atomic mass is 9.70. The van der Waals surface area contributed by atoms with E-state index >= 15 is 0 Å². The smallest absolute Gasteiger partial charge is 0.215 e. The second-order valence-corrected chi connectivity index (χ2v) is 14.5. The van der Waals surface area contributed by atoms with Crippen molar-refractivity contribution in [2.75, 3.05) is 36.8 Å². The van der Waals surface area contributed by atoms with Crippen LogP contribution >= 0.6 is 0 Å². The number of para-hydroxylation sites is 1. The summed E-state index contributed by atoms with van der Waals surface area (Å²) in [6.45, 7) is 10.3. The van der Waals surface area contributed by atoms with E-state index in [4.69, 9.17) is 9.97 Å². The zero-order valence-electron chi connectivity index (χ0n) is 23.3. The van der Waals surface area contributed by atoms with Crippen LogP contribution < -0.4 is 4.90 Å². The SMILES string of the molecule is CC(C)Cc1nc(N2CCN(S(=O)(=O)C[C@]34CC[C@@H](CC3=O)C4(C)C)CC2)c2cnn(-c3ccccc3)c2n1. The molecule has 0 unspecified atom stereocenters. The molecule has 2 atom stereocenters. The van der Waals surface area contributed by atoms with Crippen molar-refractivity contribution in [2.45, 2.75) is 53.4 Å². The minimum atomic E-state index is -3.58. The van der Waals surface area contributed by atoms with Gasteiger partial charge in [-0.3, -0.25) is 4.79 Å². The highest BCUT2D eigenvalue weighted by Crippen LogP contribution is 2.64. The topological polar surface area (TPSA) is 101 Å². The summed E-state index contributed by atoms with van der Waals surface area (Å²) in [5.41, 5.74) is 0.678. The molecule has 10 heteroatoms. The van der Waals surface area contributed by atoms with Gasteiger partial charge in [0.05, 0.1) is 23.0 Å². The molecule has 2 aliphatic carbocycles. The average molecular weight is 551 g/mol. The largest absolute Gasteiger partial charge is 0.353 e. The molecule has 0 amide bonds. The van der Waals surface area contributed by atoms with E-state index < -0.39 is 15.4 Å². The van der Waals surface area contributed by atoms with Crippen LogP contribution in [0.4, 0.5) is 5.82 Å². The van der Waals surface area contributed by atoms with Gasteiger partial charge in [-0.25, -0.2) is 23.1 Å².